The Labute approximate surface area is 132 Å². The van der Waals surface area contributed by atoms with Crippen molar-refractivity contribution >= 4 is 11.8 Å². The van der Waals surface area contributed by atoms with E-state index in [9.17, 15) is 9.59 Å². The molecule has 2 N–H and O–H groups in total. The molecule has 22 heavy (non-hydrogen) atoms. The minimum atomic E-state index is -0.0813. The van der Waals surface area contributed by atoms with Gasteiger partial charge in [0.25, 0.3) is 0 Å². The maximum Gasteiger partial charge on any atom is 0.224 e. The van der Waals surface area contributed by atoms with Crippen LogP contribution in [-0.4, -0.2) is 24.9 Å². The molecule has 0 saturated carbocycles. The fourth-order valence-electron chi connectivity index (χ4n) is 2.79. The standard InChI is InChI=1S/C18H26N2O2/c1-13(2)16(10-14-6-4-3-5-7-14)12-20-18(22)15-8-9-17(21)19-11-15/h3-7,13,15-16H,8-12H2,1-2H3,(H,19,21)(H,20,22). The summed E-state index contributed by atoms with van der Waals surface area (Å²) in [5, 5.41) is 5.84. The molecule has 1 saturated heterocycles. The van der Waals surface area contributed by atoms with Crippen molar-refractivity contribution in [3.8, 4) is 0 Å². The van der Waals surface area contributed by atoms with E-state index in [-0.39, 0.29) is 17.7 Å². The Morgan fingerprint density at radius 3 is 2.64 bits per heavy atom. The lowest BCUT2D eigenvalue weighted by atomic mass is 9.89. The lowest BCUT2D eigenvalue weighted by Crippen LogP contribution is -2.44. The highest BCUT2D eigenvalue weighted by Crippen LogP contribution is 2.17. The molecule has 1 heterocycles. The zero-order valence-corrected chi connectivity index (χ0v) is 13.5. The highest BCUT2D eigenvalue weighted by molar-refractivity contribution is 5.83. The van der Waals surface area contributed by atoms with E-state index in [1.807, 2.05) is 6.07 Å². The van der Waals surface area contributed by atoms with Gasteiger partial charge in [0.1, 0.15) is 0 Å². The van der Waals surface area contributed by atoms with Crippen molar-refractivity contribution in [2.75, 3.05) is 13.1 Å². The zero-order valence-electron chi connectivity index (χ0n) is 13.5. The SMILES string of the molecule is CC(C)C(CNC(=O)C1CCC(=O)NC1)Cc1ccccc1. The Morgan fingerprint density at radius 2 is 2.05 bits per heavy atom. The second-order valence-corrected chi connectivity index (χ2v) is 6.48. The Kier molecular flexibility index (Phi) is 5.99. The molecule has 2 unspecified atom stereocenters. The number of nitrogens with one attached hydrogen (secondary N) is 2. The van der Waals surface area contributed by atoms with Gasteiger partial charge in [-0.05, 0) is 30.2 Å². The molecule has 4 heteroatoms. The monoisotopic (exact) mass is 302 g/mol. The van der Waals surface area contributed by atoms with E-state index < -0.39 is 0 Å². The molecule has 1 aromatic carbocycles. The van der Waals surface area contributed by atoms with Gasteiger partial charge in [0, 0.05) is 19.5 Å². The van der Waals surface area contributed by atoms with Crippen LogP contribution in [0.15, 0.2) is 30.3 Å². The average Bonchev–Trinajstić information content (AvgIpc) is 2.52. The van der Waals surface area contributed by atoms with E-state index in [1.54, 1.807) is 0 Å². The van der Waals surface area contributed by atoms with Crippen molar-refractivity contribution in [3.63, 3.8) is 0 Å². The molecule has 120 valence electrons. The smallest absolute Gasteiger partial charge is 0.224 e. The molecule has 0 aromatic heterocycles. The van der Waals surface area contributed by atoms with Crippen LogP contribution < -0.4 is 10.6 Å². The number of benzene rings is 1. The fourth-order valence-corrected chi connectivity index (χ4v) is 2.79. The van der Waals surface area contributed by atoms with Gasteiger partial charge in [-0.15, -0.1) is 0 Å². The summed E-state index contributed by atoms with van der Waals surface area (Å²) in [7, 11) is 0. The highest BCUT2D eigenvalue weighted by atomic mass is 16.2. The normalized spacial score (nSPS) is 19.6. The minimum Gasteiger partial charge on any atom is -0.356 e. The van der Waals surface area contributed by atoms with Crippen molar-refractivity contribution in [3.05, 3.63) is 35.9 Å². The first-order valence-electron chi connectivity index (χ1n) is 8.14. The van der Waals surface area contributed by atoms with E-state index in [1.165, 1.54) is 5.56 Å². The third-order valence-corrected chi connectivity index (χ3v) is 4.46. The number of carbonyl (C=O) groups excluding carboxylic acids is 2. The van der Waals surface area contributed by atoms with Crippen LogP contribution in [0.5, 0.6) is 0 Å². The largest absolute Gasteiger partial charge is 0.356 e. The summed E-state index contributed by atoms with van der Waals surface area (Å²) < 4.78 is 0. The van der Waals surface area contributed by atoms with Crippen LogP contribution in [0.3, 0.4) is 0 Å². The van der Waals surface area contributed by atoms with Gasteiger partial charge in [0.15, 0.2) is 0 Å². The summed E-state index contributed by atoms with van der Waals surface area (Å²) in [6.07, 6.45) is 2.08. The van der Waals surface area contributed by atoms with Gasteiger partial charge in [0.2, 0.25) is 11.8 Å². The maximum absolute atomic E-state index is 12.2. The van der Waals surface area contributed by atoms with Crippen molar-refractivity contribution in [2.24, 2.45) is 17.8 Å². The van der Waals surface area contributed by atoms with Crippen LogP contribution in [0.4, 0.5) is 0 Å². The number of carbonyl (C=O) groups is 2. The molecule has 0 bridgehead atoms. The molecule has 0 spiro atoms. The molecular formula is C18H26N2O2. The second kappa shape index (κ2) is 7.97. The van der Waals surface area contributed by atoms with Crippen LogP contribution in [0, 0.1) is 17.8 Å². The highest BCUT2D eigenvalue weighted by Gasteiger charge is 2.25. The Morgan fingerprint density at radius 1 is 1.32 bits per heavy atom. The van der Waals surface area contributed by atoms with Crippen molar-refractivity contribution in [1.29, 1.82) is 0 Å². The molecule has 1 fully saturated rings. The Hall–Kier alpha value is -1.84. The molecule has 1 aliphatic heterocycles. The molecule has 4 nitrogen and oxygen atoms in total. The van der Waals surface area contributed by atoms with Crippen molar-refractivity contribution < 1.29 is 9.59 Å². The molecule has 0 radical (unpaired) electrons. The van der Waals surface area contributed by atoms with E-state index in [4.69, 9.17) is 0 Å². The molecule has 1 aliphatic rings. The lowest BCUT2D eigenvalue weighted by molar-refractivity contribution is -0.129. The number of piperidine rings is 1. The molecule has 2 atom stereocenters. The first kappa shape index (κ1) is 16.5. The van der Waals surface area contributed by atoms with Gasteiger partial charge in [-0.1, -0.05) is 44.2 Å². The van der Waals surface area contributed by atoms with Crippen molar-refractivity contribution in [2.45, 2.75) is 33.1 Å². The summed E-state index contributed by atoms with van der Waals surface area (Å²) in [5.74, 6) is 0.963. The molecular weight excluding hydrogens is 276 g/mol. The summed E-state index contributed by atoms with van der Waals surface area (Å²) in [5.41, 5.74) is 1.31. The van der Waals surface area contributed by atoms with Crippen LogP contribution in [0.2, 0.25) is 0 Å². The van der Waals surface area contributed by atoms with Crippen molar-refractivity contribution in [1.82, 2.24) is 10.6 Å². The number of hydrogen-bond acceptors (Lipinski definition) is 2. The third-order valence-electron chi connectivity index (χ3n) is 4.46. The first-order chi connectivity index (χ1) is 10.6. The number of amides is 2. The van der Waals surface area contributed by atoms with E-state index in [0.717, 1.165) is 6.42 Å². The van der Waals surface area contributed by atoms with E-state index >= 15 is 0 Å². The van der Waals surface area contributed by atoms with Gasteiger partial charge in [-0.3, -0.25) is 9.59 Å². The molecule has 0 aliphatic carbocycles. The Bertz CT molecular complexity index is 489. The van der Waals surface area contributed by atoms with Gasteiger partial charge < -0.3 is 10.6 Å². The van der Waals surface area contributed by atoms with Gasteiger partial charge in [-0.25, -0.2) is 0 Å². The predicted molar refractivity (Wildman–Crippen MR) is 87.2 cm³/mol. The topological polar surface area (TPSA) is 58.2 Å². The lowest BCUT2D eigenvalue weighted by Gasteiger charge is -2.25. The number of hydrogen-bond donors (Lipinski definition) is 2. The molecule has 1 aromatic rings. The predicted octanol–water partition coefficient (Wildman–Crippen LogP) is 2.14. The second-order valence-electron chi connectivity index (χ2n) is 6.48. The number of rotatable bonds is 6. The Balaban J connectivity index is 1.83. The van der Waals surface area contributed by atoms with Crippen LogP contribution in [0.25, 0.3) is 0 Å². The van der Waals surface area contributed by atoms with Crippen LogP contribution in [0.1, 0.15) is 32.3 Å². The fraction of sp³-hybridized carbons (Fsp3) is 0.556. The average molecular weight is 302 g/mol. The quantitative estimate of drug-likeness (QED) is 0.846. The summed E-state index contributed by atoms with van der Waals surface area (Å²) in [6.45, 7) is 5.55. The first-order valence-corrected chi connectivity index (χ1v) is 8.14. The summed E-state index contributed by atoms with van der Waals surface area (Å²) in [6, 6.07) is 10.4. The van der Waals surface area contributed by atoms with Gasteiger partial charge in [0.05, 0.1) is 5.92 Å². The summed E-state index contributed by atoms with van der Waals surface area (Å²) in [4.78, 5) is 23.4. The third kappa shape index (κ3) is 4.86. The molecule has 2 rings (SSSR count). The van der Waals surface area contributed by atoms with Crippen LogP contribution in [-0.2, 0) is 16.0 Å². The van der Waals surface area contributed by atoms with E-state index in [0.29, 0.717) is 37.8 Å². The maximum atomic E-state index is 12.2. The van der Waals surface area contributed by atoms with Crippen LogP contribution >= 0.6 is 0 Å². The summed E-state index contributed by atoms with van der Waals surface area (Å²) >= 11 is 0. The van der Waals surface area contributed by atoms with Gasteiger partial charge in [-0.2, -0.15) is 0 Å². The minimum absolute atomic E-state index is 0.0492. The zero-order chi connectivity index (χ0) is 15.9. The van der Waals surface area contributed by atoms with E-state index in [2.05, 4.69) is 48.7 Å². The van der Waals surface area contributed by atoms with Gasteiger partial charge >= 0.3 is 0 Å². The molecule has 2 amide bonds.